The molecule has 5 aliphatic carbocycles. The second-order valence-electron chi connectivity index (χ2n) is 18.7. The maximum absolute atomic E-state index is 14.5. The highest BCUT2D eigenvalue weighted by Gasteiger charge is 2.69. The van der Waals surface area contributed by atoms with Gasteiger partial charge in [-0.25, -0.2) is 0 Å². The first-order valence-corrected chi connectivity index (χ1v) is 19.4. The highest BCUT2D eigenvalue weighted by Crippen LogP contribution is 2.75. The van der Waals surface area contributed by atoms with Crippen molar-refractivity contribution < 1.29 is 9.59 Å². The van der Waals surface area contributed by atoms with E-state index in [1.807, 2.05) is 31.2 Å². The van der Waals surface area contributed by atoms with Crippen LogP contribution in [0.3, 0.4) is 0 Å². The lowest BCUT2D eigenvalue weighted by Crippen LogP contribution is -2.66. The van der Waals surface area contributed by atoms with E-state index in [4.69, 9.17) is 4.98 Å². The average Bonchev–Trinajstić information content (AvgIpc) is 3.08. The first-order chi connectivity index (χ1) is 23.7. The van der Waals surface area contributed by atoms with E-state index < -0.39 is 5.41 Å². The van der Waals surface area contributed by atoms with Gasteiger partial charge in [0, 0.05) is 16.4 Å². The molecular weight excluding hydrogens is 615 g/mol. The molecule has 0 unspecified atom stereocenters. The van der Waals surface area contributed by atoms with Gasteiger partial charge in [-0.2, -0.15) is 0 Å². The number of hydrogen-bond donors (Lipinski definition) is 2. The number of amides is 2. The largest absolute Gasteiger partial charge is 0.273 e. The number of carbonyl (C=O) groups is 2. The number of benzene rings is 2. The predicted octanol–water partition coefficient (Wildman–Crippen LogP) is 9.68. The number of para-hydroxylation sites is 1. The summed E-state index contributed by atoms with van der Waals surface area (Å²) >= 11 is 0. The van der Waals surface area contributed by atoms with Gasteiger partial charge in [-0.3, -0.25) is 25.4 Å². The quantitative estimate of drug-likeness (QED) is 0.211. The molecule has 0 saturated heterocycles. The molecule has 1 aromatic heterocycles. The number of allylic oxidation sites excluding steroid dienone is 2. The van der Waals surface area contributed by atoms with Gasteiger partial charge in [-0.05, 0) is 134 Å². The van der Waals surface area contributed by atoms with E-state index in [1.165, 1.54) is 29.5 Å². The van der Waals surface area contributed by atoms with Crippen LogP contribution in [0.25, 0.3) is 10.9 Å². The molecule has 0 bridgehead atoms. The van der Waals surface area contributed by atoms with Crippen LogP contribution < -0.4 is 10.9 Å². The van der Waals surface area contributed by atoms with Crippen LogP contribution in [0.5, 0.6) is 0 Å². The van der Waals surface area contributed by atoms with Crippen molar-refractivity contribution in [1.29, 1.82) is 0 Å². The van der Waals surface area contributed by atoms with Crippen LogP contribution in [-0.2, 0) is 16.6 Å². The third-order valence-electron chi connectivity index (χ3n) is 16.2. The third-order valence-corrected chi connectivity index (χ3v) is 16.2. The van der Waals surface area contributed by atoms with Crippen LogP contribution in [0.2, 0.25) is 0 Å². The summed E-state index contributed by atoms with van der Waals surface area (Å²) in [6.45, 7) is 19.6. The molecule has 9 atom stereocenters. The molecule has 3 saturated carbocycles. The summed E-state index contributed by atoms with van der Waals surface area (Å²) in [5.74, 6) is 1.95. The van der Waals surface area contributed by atoms with E-state index in [-0.39, 0.29) is 39.4 Å². The summed E-state index contributed by atoms with van der Waals surface area (Å²) in [6, 6.07) is 18.6. The number of nitrogens with one attached hydrogen (secondary N) is 2. The van der Waals surface area contributed by atoms with Crippen molar-refractivity contribution in [2.24, 2.45) is 51.2 Å². The van der Waals surface area contributed by atoms with E-state index in [0.29, 0.717) is 29.2 Å². The summed E-state index contributed by atoms with van der Waals surface area (Å²) in [4.78, 5) is 32.9. The van der Waals surface area contributed by atoms with Gasteiger partial charge in [-0.15, -0.1) is 0 Å². The summed E-state index contributed by atoms with van der Waals surface area (Å²) in [7, 11) is 0. The Morgan fingerprint density at radius 2 is 1.58 bits per heavy atom. The Bertz CT molecular complexity index is 1910. The molecule has 0 aliphatic heterocycles. The molecule has 264 valence electrons. The minimum absolute atomic E-state index is 0.00188. The van der Waals surface area contributed by atoms with E-state index in [0.717, 1.165) is 49.6 Å². The fourth-order valence-electron chi connectivity index (χ4n) is 13.1. The molecule has 0 spiro atoms. The van der Waals surface area contributed by atoms with Crippen LogP contribution in [0.4, 0.5) is 0 Å². The van der Waals surface area contributed by atoms with Crippen molar-refractivity contribution in [1.82, 2.24) is 15.8 Å². The lowest BCUT2D eigenvalue weighted by Gasteiger charge is -2.71. The minimum atomic E-state index is -0.513. The Balaban J connectivity index is 1.15. The predicted molar refractivity (Wildman–Crippen MR) is 201 cm³/mol. The van der Waals surface area contributed by atoms with Gasteiger partial charge in [-0.1, -0.05) is 96.0 Å². The van der Waals surface area contributed by atoms with Gasteiger partial charge >= 0.3 is 0 Å². The maximum atomic E-state index is 14.5. The van der Waals surface area contributed by atoms with Gasteiger partial charge < -0.3 is 0 Å². The van der Waals surface area contributed by atoms with Crippen LogP contribution in [0, 0.1) is 58.2 Å². The summed E-state index contributed by atoms with van der Waals surface area (Å²) in [6.07, 6.45) is 11.0. The van der Waals surface area contributed by atoms with Crippen LogP contribution in [-0.4, -0.2) is 16.8 Å². The fraction of sp³-hybridized carbons (Fsp3) is 0.578. The number of fused-ring (bicyclic) bond motifs is 9. The van der Waals surface area contributed by atoms with E-state index in [2.05, 4.69) is 95.7 Å². The number of aromatic nitrogens is 1. The van der Waals surface area contributed by atoms with Gasteiger partial charge in [0.25, 0.3) is 5.91 Å². The molecule has 2 aromatic carbocycles. The number of aryl methyl sites for hydroxylation is 1. The topological polar surface area (TPSA) is 71.1 Å². The Labute approximate surface area is 299 Å². The lowest BCUT2D eigenvalue weighted by atomic mass is 9.33. The number of nitrogens with zero attached hydrogens (tertiary/aromatic N) is 1. The molecule has 50 heavy (non-hydrogen) atoms. The molecule has 5 aliphatic rings. The maximum Gasteiger partial charge on any atom is 0.269 e. The molecule has 5 nitrogen and oxygen atoms in total. The van der Waals surface area contributed by atoms with Crippen molar-refractivity contribution >= 4 is 22.7 Å². The third kappa shape index (κ3) is 4.53. The lowest BCUT2D eigenvalue weighted by molar-refractivity contribution is -0.170. The molecule has 8 rings (SSSR count). The molecule has 2 N–H and O–H groups in total. The Morgan fingerprint density at radius 3 is 2.34 bits per heavy atom. The zero-order valence-corrected chi connectivity index (χ0v) is 31.6. The second-order valence-corrected chi connectivity index (χ2v) is 18.7. The van der Waals surface area contributed by atoms with Crippen LogP contribution >= 0.6 is 0 Å². The normalized spacial score (nSPS) is 38.3. The van der Waals surface area contributed by atoms with Crippen molar-refractivity contribution in [3.63, 3.8) is 0 Å². The standard InChI is InChI=1S/C45H57N3O2/c1-27-13-15-30(16-14-27)39(49)47-48-40(50)45-22-19-28(2)29(3)37(45)33-17-18-36-42(6)26-32-25-31-11-9-10-12-34(31)46-38(32)41(4,5)35(42)20-21-44(36,8)43(33,7)23-24-45/h9-17,25,28-29,35-37H,18-24,26H2,1-8H3,(H,47,49)(H,48,50)/t28-,29+,35+,36-,37+,42+,43-,44-,45+/m1/s1. The molecule has 2 amide bonds. The van der Waals surface area contributed by atoms with E-state index >= 15 is 0 Å². The highest BCUT2D eigenvalue weighted by atomic mass is 16.2. The highest BCUT2D eigenvalue weighted by molar-refractivity contribution is 5.96. The number of carbonyl (C=O) groups excluding carboxylic acids is 2. The zero-order chi connectivity index (χ0) is 35.4. The van der Waals surface area contributed by atoms with Gasteiger partial charge in [0.2, 0.25) is 5.91 Å². The first-order valence-electron chi connectivity index (χ1n) is 19.4. The fourth-order valence-corrected chi connectivity index (χ4v) is 13.1. The average molecular weight is 672 g/mol. The van der Waals surface area contributed by atoms with Crippen molar-refractivity contribution in [3.8, 4) is 0 Å². The monoisotopic (exact) mass is 671 g/mol. The number of hydrazine groups is 1. The molecule has 5 heteroatoms. The first kappa shape index (κ1) is 33.7. The van der Waals surface area contributed by atoms with E-state index in [1.54, 1.807) is 5.57 Å². The van der Waals surface area contributed by atoms with Crippen molar-refractivity contribution in [2.45, 2.75) is 112 Å². The van der Waals surface area contributed by atoms with Gasteiger partial charge in [0.05, 0.1) is 16.6 Å². The summed E-state index contributed by atoms with van der Waals surface area (Å²) in [5.41, 5.74) is 12.6. The molecular formula is C45H57N3O2. The second kappa shape index (κ2) is 11.3. The molecule has 3 fully saturated rings. The van der Waals surface area contributed by atoms with E-state index in [9.17, 15) is 9.59 Å². The van der Waals surface area contributed by atoms with Crippen molar-refractivity contribution in [2.75, 3.05) is 0 Å². The molecule has 3 aromatic rings. The Kier molecular flexibility index (Phi) is 7.58. The van der Waals surface area contributed by atoms with Crippen LogP contribution in [0.15, 0.2) is 66.2 Å². The minimum Gasteiger partial charge on any atom is -0.273 e. The van der Waals surface area contributed by atoms with Gasteiger partial charge in [0.15, 0.2) is 0 Å². The number of hydrogen-bond acceptors (Lipinski definition) is 3. The summed E-state index contributed by atoms with van der Waals surface area (Å²) < 4.78 is 0. The Hall–Kier alpha value is -3.47. The molecule has 0 radical (unpaired) electrons. The molecule has 1 heterocycles. The van der Waals surface area contributed by atoms with Crippen LogP contribution in [0.1, 0.15) is 121 Å². The van der Waals surface area contributed by atoms with Gasteiger partial charge in [0.1, 0.15) is 0 Å². The number of pyridine rings is 1. The Morgan fingerprint density at radius 1 is 0.840 bits per heavy atom. The zero-order valence-electron chi connectivity index (χ0n) is 31.6. The summed E-state index contributed by atoms with van der Waals surface area (Å²) in [5, 5.41) is 1.25. The SMILES string of the molecule is Cc1ccc(C(=O)NNC(=O)[C@]23CC[C@@H](C)[C@H](C)[C@H]2C2=CC[C@@H]4[C@@]5(C)Cc6cc7ccccc7nc6C(C)(C)[C@@H]5CC[C@@]4(C)[C@]2(C)CC3)cc1. The smallest absolute Gasteiger partial charge is 0.269 e. The van der Waals surface area contributed by atoms with Crippen molar-refractivity contribution in [3.05, 3.63) is 88.6 Å². The number of rotatable bonds is 2.